The number of hydrogen-bond donors (Lipinski definition) is 1. The third-order valence-electron chi connectivity index (χ3n) is 6.62. The Labute approximate surface area is 172 Å². The molecule has 2 atom stereocenters. The van der Waals surface area contributed by atoms with Crippen molar-refractivity contribution in [1.29, 1.82) is 5.26 Å². The lowest BCUT2D eigenvalue weighted by molar-refractivity contribution is -0.144. The summed E-state index contributed by atoms with van der Waals surface area (Å²) < 4.78 is 0. The molecule has 0 bridgehead atoms. The van der Waals surface area contributed by atoms with Gasteiger partial charge in [-0.3, -0.25) is 9.59 Å². The van der Waals surface area contributed by atoms with Crippen molar-refractivity contribution in [3.05, 3.63) is 23.9 Å². The van der Waals surface area contributed by atoms with Crippen LogP contribution in [0.2, 0.25) is 0 Å². The third kappa shape index (κ3) is 4.07. The summed E-state index contributed by atoms with van der Waals surface area (Å²) in [5.74, 6) is 0.411. The lowest BCUT2D eigenvalue weighted by Gasteiger charge is -2.39. The molecule has 2 aliphatic carbocycles. The van der Waals surface area contributed by atoms with Crippen molar-refractivity contribution in [2.75, 3.05) is 31.1 Å². The number of anilines is 1. The van der Waals surface area contributed by atoms with Gasteiger partial charge in [-0.25, -0.2) is 4.98 Å². The van der Waals surface area contributed by atoms with Crippen LogP contribution >= 0.6 is 0 Å². The molecule has 154 valence electrons. The van der Waals surface area contributed by atoms with E-state index >= 15 is 0 Å². The number of pyridine rings is 1. The van der Waals surface area contributed by atoms with Crippen molar-refractivity contribution in [2.24, 2.45) is 11.8 Å². The predicted octanol–water partition coefficient (Wildman–Crippen LogP) is 2.02. The fraction of sp³-hybridized carbons (Fsp3) is 0.636. The molecule has 3 fully saturated rings. The number of rotatable bonds is 4. The number of nitrogens with one attached hydrogen (secondary N) is 1. The van der Waals surface area contributed by atoms with E-state index in [0.717, 1.165) is 63.0 Å². The van der Waals surface area contributed by atoms with Gasteiger partial charge in [-0.05, 0) is 44.2 Å². The summed E-state index contributed by atoms with van der Waals surface area (Å²) in [7, 11) is 0. The highest BCUT2D eigenvalue weighted by Crippen LogP contribution is 2.37. The highest BCUT2D eigenvalue weighted by molar-refractivity contribution is 5.88. The van der Waals surface area contributed by atoms with Crippen LogP contribution < -0.4 is 10.2 Å². The van der Waals surface area contributed by atoms with Crippen LogP contribution in [0.3, 0.4) is 0 Å². The van der Waals surface area contributed by atoms with Gasteiger partial charge >= 0.3 is 0 Å². The number of hydrogen-bond acceptors (Lipinski definition) is 5. The first kappa shape index (κ1) is 19.7. The van der Waals surface area contributed by atoms with E-state index < -0.39 is 5.54 Å². The molecule has 0 aromatic carbocycles. The Kier molecular flexibility index (Phi) is 5.44. The number of carbonyl (C=O) groups excluding carboxylic acids is 2. The summed E-state index contributed by atoms with van der Waals surface area (Å²) in [6.45, 7) is 4.87. The fourth-order valence-electron chi connectivity index (χ4n) is 4.64. The average Bonchev–Trinajstić information content (AvgIpc) is 3.53. The molecule has 0 radical (unpaired) electrons. The Morgan fingerprint density at radius 3 is 2.48 bits per heavy atom. The number of aryl methyl sites for hydroxylation is 1. The maximum atomic E-state index is 13.3. The first-order valence-corrected chi connectivity index (χ1v) is 10.7. The molecular formula is C22H29N5O2. The third-order valence-corrected chi connectivity index (χ3v) is 6.62. The van der Waals surface area contributed by atoms with Gasteiger partial charge in [-0.15, -0.1) is 0 Å². The SMILES string of the molecule is Cc1cccnc1N1CCN(C(=O)[C@@H]2CCCC[C@H]2C(=O)NC2(C#N)CC2)CC1. The molecule has 1 N–H and O–H groups in total. The maximum absolute atomic E-state index is 13.3. The van der Waals surface area contributed by atoms with Gasteiger partial charge < -0.3 is 15.1 Å². The van der Waals surface area contributed by atoms with Gasteiger partial charge in [-0.2, -0.15) is 5.26 Å². The Morgan fingerprint density at radius 1 is 1.17 bits per heavy atom. The molecule has 7 heteroatoms. The minimum absolute atomic E-state index is 0.101. The Morgan fingerprint density at radius 2 is 1.86 bits per heavy atom. The summed E-state index contributed by atoms with van der Waals surface area (Å²) in [6, 6.07) is 6.21. The molecule has 0 spiro atoms. The Balaban J connectivity index is 1.38. The van der Waals surface area contributed by atoms with E-state index in [1.54, 1.807) is 6.20 Å². The fourth-order valence-corrected chi connectivity index (χ4v) is 4.64. The van der Waals surface area contributed by atoms with Crippen LogP contribution in [-0.4, -0.2) is 53.4 Å². The number of piperazine rings is 1. The minimum atomic E-state index is -0.672. The van der Waals surface area contributed by atoms with E-state index in [0.29, 0.717) is 13.1 Å². The number of carbonyl (C=O) groups is 2. The topological polar surface area (TPSA) is 89.3 Å². The van der Waals surface area contributed by atoms with Crippen molar-refractivity contribution < 1.29 is 9.59 Å². The van der Waals surface area contributed by atoms with E-state index in [1.165, 1.54) is 0 Å². The van der Waals surface area contributed by atoms with Crippen molar-refractivity contribution in [3.8, 4) is 6.07 Å². The van der Waals surface area contributed by atoms with Crippen LogP contribution in [0.1, 0.15) is 44.1 Å². The molecule has 2 heterocycles. The second kappa shape index (κ2) is 8.02. The van der Waals surface area contributed by atoms with Gasteiger partial charge in [-0.1, -0.05) is 18.9 Å². The number of aromatic nitrogens is 1. The number of nitriles is 1. The van der Waals surface area contributed by atoms with E-state index in [2.05, 4.69) is 34.3 Å². The molecule has 1 aliphatic heterocycles. The zero-order valence-corrected chi connectivity index (χ0v) is 17.1. The van der Waals surface area contributed by atoms with Crippen molar-refractivity contribution in [2.45, 2.75) is 51.0 Å². The molecular weight excluding hydrogens is 366 g/mol. The smallest absolute Gasteiger partial charge is 0.226 e. The molecule has 7 nitrogen and oxygen atoms in total. The molecule has 0 unspecified atom stereocenters. The second-order valence-electron chi connectivity index (χ2n) is 8.64. The summed E-state index contributed by atoms with van der Waals surface area (Å²) in [5, 5.41) is 12.2. The molecule has 1 aromatic rings. The van der Waals surface area contributed by atoms with Gasteiger partial charge in [0.25, 0.3) is 0 Å². The molecule has 3 aliphatic rings. The van der Waals surface area contributed by atoms with Crippen molar-refractivity contribution in [1.82, 2.24) is 15.2 Å². The average molecular weight is 396 g/mol. The molecule has 29 heavy (non-hydrogen) atoms. The zero-order chi connectivity index (χ0) is 20.4. The summed E-state index contributed by atoms with van der Waals surface area (Å²) in [5.41, 5.74) is 0.469. The van der Waals surface area contributed by atoms with Gasteiger partial charge in [0, 0.05) is 44.2 Å². The molecule has 2 amide bonds. The highest BCUT2D eigenvalue weighted by Gasteiger charge is 2.47. The van der Waals surface area contributed by atoms with Crippen LogP contribution in [0, 0.1) is 30.1 Å². The van der Waals surface area contributed by atoms with E-state index in [-0.39, 0.29) is 23.7 Å². The van der Waals surface area contributed by atoms with Crippen LogP contribution in [0.4, 0.5) is 5.82 Å². The van der Waals surface area contributed by atoms with Crippen LogP contribution in [0.25, 0.3) is 0 Å². The molecule has 1 saturated heterocycles. The van der Waals surface area contributed by atoms with E-state index in [1.807, 2.05) is 11.0 Å². The van der Waals surface area contributed by atoms with Gasteiger partial charge in [0.05, 0.1) is 6.07 Å². The van der Waals surface area contributed by atoms with E-state index in [9.17, 15) is 14.9 Å². The second-order valence-corrected chi connectivity index (χ2v) is 8.64. The van der Waals surface area contributed by atoms with Crippen LogP contribution in [0.5, 0.6) is 0 Å². The van der Waals surface area contributed by atoms with E-state index in [4.69, 9.17) is 0 Å². The predicted molar refractivity (Wildman–Crippen MR) is 109 cm³/mol. The molecule has 4 rings (SSSR count). The molecule has 1 aromatic heterocycles. The van der Waals surface area contributed by atoms with Gasteiger partial charge in [0.15, 0.2) is 0 Å². The van der Waals surface area contributed by atoms with Crippen molar-refractivity contribution >= 4 is 17.6 Å². The largest absolute Gasteiger partial charge is 0.353 e. The van der Waals surface area contributed by atoms with Gasteiger partial charge in [0.2, 0.25) is 11.8 Å². The standard InChI is InChI=1S/C22H29N5O2/c1-16-5-4-10-24-19(16)26-11-13-27(14-12-26)21(29)18-7-3-2-6-17(18)20(28)25-22(15-23)8-9-22/h4-5,10,17-18H,2-3,6-9,11-14H2,1H3,(H,25,28)/t17-,18-/m1/s1. The first-order chi connectivity index (χ1) is 14.0. The Bertz CT molecular complexity index is 821. The van der Waals surface area contributed by atoms with Crippen LogP contribution in [0.15, 0.2) is 18.3 Å². The summed E-state index contributed by atoms with van der Waals surface area (Å²) in [6.07, 6.45) is 6.68. The van der Waals surface area contributed by atoms with Crippen molar-refractivity contribution in [3.63, 3.8) is 0 Å². The summed E-state index contributed by atoms with van der Waals surface area (Å²) >= 11 is 0. The number of amides is 2. The normalized spacial score (nSPS) is 25.8. The molecule has 2 saturated carbocycles. The van der Waals surface area contributed by atoms with Crippen LogP contribution in [-0.2, 0) is 9.59 Å². The monoisotopic (exact) mass is 395 g/mol. The zero-order valence-electron chi connectivity index (χ0n) is 17.1. The quantitative estimate of drug-likeness (QED) is 0.842. The highest BCUT2D eigenvalue weighted by atomic mass is 16.2. The van der Waals surface area contributed by atoms with Gasteiger partial charge in [0.1, 0.15) is 11.4 Å². The first-order valence-electron chi connectivity index (χ1n) is 10.7. The lowest BCUT2D eigenvalue weighted by atomic mass is 9.77. The maximum Gasteiger partial charge on any atom is 0.226 e. The minimum Gasteiger partial charge on any atom is -0.353 e. The Hall–Kier alpha value is -2.62. The number of nitrogens with zero attached hydrogens (tertiary/aromatic N) is 4. The lowest BCUT2D eigenvalue weighted by Crippen LogP contribution is -2.53. The summed E-state index contributed by atoms with van der Waals surface area (Å²) in [4.78, 5) is 34.7.